The number of nitrogens with zero attached hydrogens (tertiary/aromatic N) is 1. The minimum absolute atomic E-state index is 0.0187. The molecule has 0 fully saturated rings. The van der Waals surface area contributed by atoms with Crippen LogP contribution in [-0.2, 0) is 12.6 Å². The molecule has 0 saturated heterocycles. The number of hydrogen-bond acceptors (Lipinski definition) is 3. The minimum Gasteiger partial charge on any atom is -0.322 e. The predicted molar refractivity (Wildman–Crippen MR) is 81.9 cm³/mol. The van der Waals surface area contributed by atoms with Gasteiger partial charge in [0.05, 0.1) is 10.5 Å². The van der Waals surface area contributed by atoms with E-state index in [1.165, 1.54) is 18.2 Å². The first-order valence-electron chi connectivity index (χ1n) is 6.98. The number of halogens is 3. The molecule has 0 aromatic heterocycles. The maximum atomic E-state index is 12.5. The number of anilines is 1. The number of benzene rings is 2. The Kier molecular flexibility index (Phi) is 4.87. The average molecular weight is 338 g/mol. The van der Waals surface area contributed by atoms with Gasteiger partial charge in [-0.15, -0.1) is 0 Å². The van der Waals surface area contributed by atoms with Gasteiger partial charge in [0.2, 0.25) is 0 Å². The number of rotatable bonds is 4. The molecule has 24 heavy (non-hydrogen) atoms. The Balaban J connectivity index is 2.20. The summed E-state index contributed by atoms with van der Waals surface area (Å²) >= 11 is 0. The molecule has 8 heteroatoms. The number of carbonyl (C=O) groups is 1. The summed E-state index contributed by atoms with van der Waals surface area (Å²) in [6.45, 7) is 1.77. The van der Waals surface area contributed by atoms with Gasteiger partial charge in [-0.25, -0.2) is 0 Å². The van der Waals surface area contributed by atoms with Crippen LogP contribution >= 0.6 is 0 Å². The average Bonchev–Trinajstić information content (AvgIpc) is 2.54. The van der Waals surface area contributed by atoms with Gasteiger partial charge in [-0.1, -0.05) is 13.0 Å². The molecule has 2 rings (SSSR count). The Morgan fingerprint density at radius 3 is 2.29 bits per heavy atom. The van der Waals surface area contributed by atoms with Crippen LogP contribution < -0.4 is 5.32 Å². The lowest BCUT2D eigenvalue weighted by Crippen LogP contribution is -2.13. The molecule has 0 unspecified atom stereocenters. The quantitative estimate of drug-likeness (QED) is 0.662. The van der Waals surface area contributed by atoms with Gasteiger partial charge in [0.1, 0.15) is 0 Å². The van der Waals surface area contributed by atoms with E-state index in [2.05, 4.69) is 5.32 Å². The number of carbonyl (C=O) groups excluding carboxylic acids is 1. The van der Waals surface area contributed by atoms with Crippen LogP contribution in [-0.4, -0.2) is 10.8 Å². The molecule has 2 aromatic carbocycles. The van der Waals surface area contributed by atoms with Crippen molar-refractivity contribution in [1.82, 2.24) is 0 Å². The molecule has 1 amide bonds. The Bertz CT molecular complexity index is 771. The molecule has 0 heterocycles. The SMILES string of the molecule is CCc1ccc(NC(=O)c2ccc(C(F)(F)F)cc2)cc1[N+](=O)[O-]. The first-order chi connectivity index (χ1) is 11.2. The van der Waals surface area contributed by atoms with Gasteiger partial charge in [0.25, 0.3) is 11.6 Å². The van der Waals surface area contributed by atoms with Crippen LogP contribution in [0, 0.1) is 10.1 Å². The highest BCUT2D eigenvalue weighted by Gasteiger charge is 2.30. The van der Waals surface area contributed by atoms with E-state index in [1.54, 1.807) is 6.92 Å². The number of hydrogen-bond donors (Lipinski definition) is 1. The van der Waals surface area contributed by atoms with Crippen molar-refractivity contribution in [1.29, 1.82) is 0 Å². The van der Waals surface area contributed by atoms with Crippen molar-refractivity contribution in [3.8, 4) is 0 Å². The molecule has 0 saturated carbocycles. The van der Waals surface area contributed by atoms with E-state index < -0.39 is 22.6 Å². The molecule has 126 valence electrons. The molecule has 0 bridgehead atoms. The standard InChI is InChI=1S/C16H13F3N2O3/c1-2-10-5-8-13(9-14(10)21(23)24)20-15(22)11-3-6-12(7-4-11)16(17,18)19/h3-9H,2H2,1H3,(H,20,22). The molecular formula is C16H13F3N2O3. The van der Waals surface area contributed by atoms with Gasteiger partial charge >= 0.3 is 6.18 Å². The van der Waals surface area contributed by atoms with Crippen molar-refractivity contribution in [3.63, 3.8) is 0 Å². The summed E-state index contributed by atoms with van der Waals surface area (Å²) in [5.41, 5.74) is -0.244. The van der Waals surface area contributed by atoms with Gasteiger partial charge in [0.15, 0.2) is 0 Å². The van der Waals surface area contributed by atoms with E-state index >= 15 is 0 Å². The topological polar surface area (TPSA) is 72.2 Å². The van der Waals surface area contributed by atoms with Crippen molar-refractivity contribution < 1.29 is 22.9 Å². The Morgan fingerprint density at radius 1 is 1.17 bits per heavy atom. The van der Waals surface area contributed by atoms with Gasteiger partial charge in [-0.3, -0.25) is 14.9 Å². The molecule has 5 nitrogen and oxygen atoms in total. The monoisotopic (exact) mass is 338 g/mol. The van der Waals surface area contributed by atoms with Gasteiger partial charge in [0, 0.05) is 22.9 Å². The lowest BCUT2D eigenvalue weighted by Gasteiger charge is -2.09. The summed E-state index contributed by atoms with van der Waals surface area (Å²) in [5.74, 6) is -0.651. The van der Waals surface area contributed by atoms with Crippen molar-refractivity contribution in [2.24, 2.45) is 0 Å². The normalized spacial score (nSPS) is 11.2. The number of nitrogens with one attached hydrogen (secondary N) is 1. The fourth-order valence-electron chi connectivity index (χ4n) is 2.12. The summed E-state index contributed by atoms with van der Waals surface area (Å²) in [6.07, 6.45) is -4.02. The second-order valence-electron chi connectivity index (χ2n) is 4.98. The third kappa shape index (κ3) is 3.89. The summed E-state index contributed by atoms with van der Waals surface area (Å²) in [7, 11) is 0. The highest BCUT2D eigenvalue weighted by Crippen LogP contribution is 2.29. The van der Waals surface area contributed by atoms with Crippen LogP contribution in [0.3, 0.4) is 0 Å². The summed E-state index contributed by atoms with van der Waals surface area (Å²) < 4.78 is 37.5. The van der Waals surface area contributed by atoms with Crippen molar-refractivity contribution in [3.05, 3.63) is 69.3 Å². The minimum atomic E-state index is -4.48. The zero-order chi connectivity index (χ0) is 17.9. The number of alkyl halides is 3. The van der Waals surface area contributed by atoms with Crippen LogP contribution in [0.1, 0.15) is 28.4 Å². The number of nitro benzene ring substituents is 1. The molecular weight excluding hydrogens is 325 g/mol. The summed E-state index contributed by atoms with van der Waals surface area (Å²) in [5, 5.41) is 13.4. The third-order valence-corrected chi connectivity index (χ3v) is 3.40. The second kappa shape index (κ2) is 6.69. The molecule has 0 radical (unpaired) electrons. The van der Waals surface area contributed by atoms with E-state index in [-0.39, 0.29) is 16.9 Å². The Morgan fingerprint density at radius 2 is 1.79 bits per heavy atom. The van der Waals surface area contributed by atoms with Crippen LogP contribution in [0.4, 0.5) is 24.5 Å². The van der Waals surface area contributed by atoms with Gasteiger partial charge in [-0.05, 0) is 36.8 Å². The molecule has 1 N–H and O–H groups in total. The maximum Gasteiger partial charge on any atom is 0.416 e. The summed E-state index contributed by atoms with van der Waals surface area (Å²) in [4.78, 5) is 22.5. The molecule has 2 aromatic rings. The van der Waals surface area contributed by atoms with Crippen molar-refractivity contribution in [2.75, 3.05) is 5.32 Å². The lowest BCUT2D eigenvalue weighted by atomic mass is 10.1. The highest BCUT2D eigenvalue weighted by molar-refractivity contribution is 6.04. The summed E-state index contributed by atoms with van der Waals surface area (Å²) in [6, 6.07) is 7.96. The highest BCUT2D eigenvalue weighted by atomic mass is 19.4. The third-order valence-electron chi connectivity index (χ3n) is 3.40. The number of aryl methyl sites for hydroxylation is 1. The molecule has 0 aliphatic rings. The Hall–Kier alpha value is -2.90. The molecule has 0 aliphatic heterocycles. The smallest absolute Gasteiger partial charge is 0.322 e. The first kappa shape index (κ1) is 17.5. The maximum absolute atomic E-state index is 12.5. The van der Waals surface area contributed by atoms with Crippen LogP contribution in [0.25, 0.3) is 0 Å². The van der Waals surface area contributed by atoms with Crippen molar-refractivity contribution in [2.45, 2.75) is 19.5 Å². The van der Waals surface area contributed by atoms with Crippen LogP contribution in [0.5, 0.6) is 0 Å². The first-order valence-corrected chi connectivity index (χ1v) is 6.98. The van der Waals surface area contributed by atoms with E-state index in [0.29, 0.717) is 12.0 Å². The zero-order valence-corrected chi connectivity index (χ0v) is 12.6. The van der Waals surface area contributed by atoms with E-state index in [9.17, 15) is 28.1 Å². The predicted octanol–water partition coefficient (Wildman–Crippen LogP) is 4.43. The molecule has 0 aliphatic carbocycles. The van der Waals surface area contributed by atoms with Gasteiger partial charge < -0.3 is 5.32 Å². The van der Waals surface area contributed by atoms with Crippen LogP contribution in [0.15, 0.2) is 42.5 Å². The zero-order valence-electron chi connectivity index (χ0n) is 12.6. The fourth-order valence-corrected chi connectivity index (χ4v) is 2.12. The van der Waals surface area contributed by atoms with E-state index in [0.717, 1.165) is 24.3 Å². The fraction of sp³-hybridized carbons (Fsp3) is 0.188. The van der Waals surface area contributed by atoms with E-state index in [4.69, 9.17) is 0 Å². The molecule has 0 spiro atoms. The van der Waals surface area contributed by atoms with Crippen molar-refractivity contribution >= 4 is 17.3 Å². The van der Waals surface area contributed by atoms with E-state index in [1.807, 2.05) is 0 Å². The number of nitro groups is 1. The molecule has 0 atom stereocenters. The largest absolute Gasteiger partial charge is 0.416 e. The Labute approximate surface area is 135 Å². The number of amides is 1. The lowest BCUT2D eigenvalue weighted by molar-refractivity contribution is -0.385. The van der Waals surface area contributed by atoms with Gasteiger partial charge in [-0.2, -0.15) is 13.2 Å². The second-order valence-corrected chi connectivity index (χ2v) is 4.98. The van der Waals surface area contributed by atoms with Crippen LogP contribution in [0.2, 0.25) is 0 Å².